The normalized spacial score (nSPS) is 19.4. The van der Waals surface area contributed by atoms with E-state index in [2.05, 4.69) is 9.93 Å². The number of phenolic OH excluding ortho intramolecular Hbond substituents is 2. The van der Waals surface area contributed by atoms with Crippen LogP contribution in [0.3, 0.4) is 0 Å². The van der Waals surface area contributed by atoms with Crippen LogP contribution >= 0.6 is 0 Å². The van der Waals surface area contributed by atoms with Crippen LogP contribution in [0.15, 0.2) is 76.8 Å². The summed E-state index contributed by atoms with van der Waals surface area (Å²) >= 11 is 0. The van der Waals surface area contributed by atoms with Crippen LogP contribution in [-0.2, 0) is 15.4 Å². The Morgan fingerprint density at radius 3 is 2.48 bits per heavy atom. The highest BCUT2D eigenvalue weighted by atomic mass is 32.2. The summed E-state index contributed by atoms with van der Waals surface area (Å²) in [6.07, 6.45) is 9.31. The molecule has 0 saturated carbocycles. The Morgan fingerprint density at radius 1 is 1.11 bits per heavy atom. The van der Waals surface area contributed by atoms with Gasteiger partial charge in [-0.25, -0.2) is 4.83 Å². The van der Waals surface area contributed by atoms with Crippen molar-refractivity contribution in [3.63, 3.8) is 0 Å². The number of allylic oxidation sites excluding steroid dienone is 4. The largest absolute Gasteiger partial charge is 0.508 e. The smallest absolute Gasteiger partial charge is 0.276 e. The summed E-state index contributed by atoms with van der Waals surface area (Å²) < 4.78 is 24.8. The van der Waals surface area contributed by atoms with Crippen molar-refractivity contribution in [3.05, 3.63) is 77.9 Å². The van der Waals surface area contributed by atoms with E-state index in [1.54, 1.807) is 24.3 Å². The molecule has 6 nitrogen and oxygen atoms in total. The lowest BCUT2D eigenvalue weighted by atomic mass is 9.76. The molecule has 0 heterocycles. The highest BCUT2D eigenvalue weighted by Gasteiger charge is 2.31. The van der Waals surface area contributed by atoms with Crippen molar-refractivity contribution in [2.75, 3.05) is 0 Å². The van der Waals surface area contributed by atoms with Gasteiger partial charge < -0.3 is 10.2 Å². The summed E-state index contributed by atoms with van der Waals surface area (Å²) in [4.78, 5) is 2.34. The molecular weight excluding hydrogens is 364 g/mol. The predicted molar refractivity (Wildman–Crippen MR) is 104 cm³/mol. The van der Waals surface area contributed by atoms with Gasteiger partial charge in [-0.15, -0.1) is 0 Å². The Balaban J connectivity index is 1.90. The fourth-order valence-corrected chi connectivity index (χ4v) is 3.69. The van der Waals surface area contributed by atoms with E-state index < -0.39 is 15.4 Å². The molecule has 1 aliphatic rings. The van der Waals surface area contributed by atoms with E-state index in [0.717, 1.165) is 5.56 Å². The quantitative estimate of drug-likeness (QED) is 0.545. The number of sulfonamides is 1. The van der Waals surface area contributed by atoms with Gasteiger partial charge in [0.1, 0.15) is 11.5 Å². The molecule has 1 unspecified atom stereocenters. The number of nitrogens with one attached hydrogen (secondary N) is 1. The molecule has 3 N–H and O–H groups in total. The van der Waals surface area contributed by atoms with E-state index in [1.165, 1.54) is 30.5 Å². The number of aryl methyl sites for hydroxylation is 1. The van der Waals surface area contributed by atoms with E-state index in [4.69, 9.17) is 0 Å². The fourth-order valence-electron chi connectivity index (χ4n) is 2.90. The summed E-state index contributed by atoms with van der Waals surface area (Å²) in [5, 5.41) is 23.7. The highest BCUT2D eigenvalue weighted by Crippen LogP contribution is 2.38. The van der Waals surface area contributed by atoms with Crippen molar-refractivity contribution < 1.29 is 18.6 Å². The van der Waals surface area contributed by atoms with Gasteiger partial charge in [-0.2, -0.15) is 13.5 Å². The van der Waals surface area contributed by atoms with E-state index in [-0.39, 0.29) is 16.4 Å². The second kappa shape index (κ2) is 7.28. The van der Waals surface area contributed by atoms with E-state index >= 15 is 0 Å². The number of aromatic hydroxyl groups is 2. The second-order valence-electron chi connectivity index (χ2n) is 6.40. The van der Waals surface area contributed by atoms with E-state index in [1.807, 2.05) is 25.2 Å². The summed E-state index contributed by atoms with van der Waals surface area (Å²) in [6.45, 7) is 1.87. The molecule has 0 bridgehead atoms. The Kier molecular flexibility index (Phi) is 5.05. The summed E-state index contributed by atoms with van der Waals surface area (Å²) in [5.74, 6) is -0.151. The highest BCUT2D eigenvalue weighted by molar-refractivity contribution is 7.89. The van der Waals surface area contributed by atoms with Crippen LogP contribution < -0.4 is 4.83 Å². The Morgan fingerprint density at radius 2 is 1.85 bits per heavy atom. The van der Waals surface area contributed by atoms with Gasteiger partial charge in [0.25, 0.3) is 10.0 Å². The molecule has 0 fully saturated rings. The van der Waals surface area contributed by atoms with Gasteiger partial charge in [0.05, 0.1) is 10.3 Å². The molecule has 0 saturated heterocycles. The second-order valence-corrected chi connectivity index (χ2v) is 8.06. The van der Waals surface area contributed by atoms with Gasteiger partial charge in [0.2, 0.25) is 0 Å². The number of nitrogens with zero attached hydrogens (tertiary/aromatic N) is 1. The lowest BCUT2D eigenvalue weighted by molar-refractivity contribution is 0.441. The molecule has 0 spiro atoms. The van der Waals surface area contributed by atoms with Crippen molar-refractivity contribution in [1.29, 1.82) is 0 Å². The number of hydrazone groups is 1. The molecule has 0 amide bonds. The van der Waals surface area contributed by atoms with Crippen LogP contribution in [0.1, 0.15) is 17.5 Å². The van der Waals surface area contributed by atoms with Crippen LogP contribution in [0.5, 0.6) is 11.5 Å². The fraction of sp³-hybridized carbons (Fsp3) is 0.150. The average molecular weight is 384 g/mol. The molecule has 1 atom stereocenters. The lowest BCUT2D eigenvalue weighted by Gasteiger charge is -2.28. The molecule has 3 rings (SSSR count). The van der Waals surface area contributed by atoms with Crippen molar-refractivity contribution >= 4 is 16.2 Å². The van der Waals surface area contributed by atoms with Crippen molar-refractivity contribution in [2.45, 2.75) is 23.7 Å². The molecule has 2 aromatic rings. The predicted octanol–water partition coefficient (Wildman–Crippen LogP) is 3.12. The summed E-state index contributed by atoms with van der Waals surface area (Å²) in [6, 6.07) is 10.7. The minimum Gasteiger partial charge on any atom is -0.508 e. The molecule has 0 aliphatic heterocycles. The maximum atomic E-state index is 12.4. The molecule has 140 valence electrons. The zero-order valence-electron chi connectivity index (χ0n) is 14.7. The van der Waals surface area contributed by atoms with Gasteiger partial charge >= 0.3 is 0 Å². The number of rotatable bonds is 5. The first-order chi connectivity index (χ1) is 12.8. The van der Waals surface area contributed by atoms with Gasteiger partial charge in [0.15, 0.2) is 0 Å². The van der Waals surface area contributed by atoms with Crippen molar-refractivity contribution in [2.24, 2.45) is 5.10 Å². The third kappa shape index (κ3) is 4.03. The zero-order valence-corrected chi connectivity index (χ0v) is 15.5. The minimum absolute atomic E-state index is 0.0567. The zero-order chi connectivity index (χ0) is 19.5. The molecule has 2 aromatic carbocycles. The van der Waals surface area contributed by atoms with Crippen molar-refractivity contribution in [3.8, 4) is 11.5 Å². The first kappa shape index (κ1) is 18.7. The maximum absolute atomic E-state index is 12.4. The standard InChI is InChI=1S/C20H20N2O4S/c1-15-5-8-17(9-6-15)27(25,26)22-21-14-20(11-3-2-4-12-20)18-10-7-16(23)13-19(18)24/h2-11,13-14,22-24H,12H2,1H3. The van der Waals surface area contributed by atoms with Crippen LogP contribution in [0.25, 0.3) is 0 Å². The van der Waals surface area contributed by atoms with Crippen LogP contribution in [-0.4, -0.2) is 24.8 Å². The summed E-state index contributed by atoms with van der Waals surface area (Å²) in [7, 11) is -3.80. The third-order valence-electron chi connectivity index (χ3n) is 4.38. The number of benzene rings is 2. The number of phenols is 2. The Hall–Kier alpha value is -3.06. The topological polar surface area (TPSA) is 99.0 Å². The van der Waals surface area contributed by atoms with Gasteiger partial charge in [-0.1, -0.05) is 48.1 Å². The van der Waals surface area contributed by atoms with Gasteiger partial charge in [-0.3, -0.25) is 0 Å². The van der Waals surface area contributed by atoms with Gasteiger partial charge in [-0.05, 0) is 31.5 Å². The lowest BCUT2D eigenvalue weighted by Crippen LogP contribution is -2.28. The van der Waals surface area contributed by atoms with Crippen LogP contribution in [0.4, 0.5) is 0 Å². The van der Waals surface area contributed by atoms with Gasteiger partial charge in [0, 0.05) is 17.8 Å². The van der Waals surface area contributed by atoms with Crippen LogP contribution in [0.2, 0.25) is 0 Å². The first-order valence-corrected chi connectivity index (χ1v) is 9.80. The summed E-state index contributed by atoms with van der Waals surface area (Å²) in [5.41, 5.74) is 0.639. The molecule has 27 heavy (non-hydrogen) atoms. The van der Waals surface area contributed by atoms with E-state index in [0.29, 0.717) is 12.0 Å². The van der Waals surface area contributed by atoms with Crippen molar-refractivity contribution in [1.82, 2.24) is 4.83 Å². The Bertz CT molecular complexity index is 1020. The molecule has 1 aliphatic carbocycles. The van der Waals surface area contributed by atoms with E-state index in [9.17, 15) is 18.6 Å². The number of hydrogen-bond donors (Lipinski definition) is 3. The molecule has 0 aromatic heterocycles. The average Bonchev–Trinajstić information content (AvgIpc) is 2.62. The SMILES string of the molecule is Cc1ccc(S(=O)(=O)NN=CC2(c3ccc(O)cc3O)C=CC=CC2)cc1. The first-order valence-electron chi connectivity index (χ1n) is 8.32. The minimum atomic E-state index is -3.80. The third-order valence-corrected chi connectivity index (χ3v) is 5.62. The molecule has 7 heteroatoms. The maximum Gasteiger partial charge on any atom is 0.276 e. The number of hydrogen-bond acceptors (Lipinski definition) is 5. The van der Waals surface area contributed by atoms with Crippen LogP contribution in [0, 0.1) is 6.92 Å². The molecule has 0 radical (unpaired) electrons. The monoisotopic (exact) mass is 384 g/mol. The molecular formula is C20H20N2O4S. The Labute approximate surface area is 158 Å².